The first kappa shape index (κ1) is 20.0. The highest BCUT2D eigenvalue weighted by molar-refractivity contribution is 5.73. The standard InChI is InChI=1S/C22H29N3O3/c1-27-19-7-4-6-18(16-19)17-28-21-9-3-2-8-20(21)25-14-12-24(13-15-25)11-5-10-22(23)26/h2-4,6-9,16H,5,10-15,17H2,1H3,(H2,23,26). The van der Waals surface area contributed by atoms with Gasteiger partial charge in [0.1, 0.15) is 18.1 Å². The number of hydrogen-bond acceptors (Lipinski definition) is 5. The lowest BCUT2D eigenvalue weighted by Crippen LogP contribution is -2.46. The van der Waals surface area contributed by atoms with Gasteiger partial charge in [0, 0.05) is 32.6 Å². The average molecular weight is 383 g/mol. The number of amides is 1. The predicted octanol–water partition coefficient (Wildman–Crippen LogP) is 2.66. The molecule has 1 aliphatic heterocycles. The van der Waals surface area contributed by atoms with Crippen molar-refractivity contribution in [3.8, 4) is 11.5 Å². The molecule has 2 aromatic carbocycles. The molecule has 0 spiro atoms. The summed E-state index contributed by atoms with van der Waals surface area (Å²) in [5.74, 6) is 1.51. The molecule has 0 saturated carbocycles. The zero-order chi connectivity index (χ0) is 19.8. The second-order valence-electron chi connectivity index (χ2n) is 7.01. The molecule has 0 aromatic heterocycles. The highest BCUT2D eigenvalue weighted by Crippen LogP contribution is 2.30. The molecule has 1 saturated heterocycles. The summed E-state index contributed by atoms with van der Waals surface area (Å²) < 4.78 is 11.4. The molecule has 1 heterocycles. The molecule has 6 heteroatoms. The molecular formula is C22H29N3O3. The highest BCUT2D eigenvalue weighted by Gasteiger charge is 2.19. The molecule has 1 amide bonds. The Bertz CT molecular complexity index is 773. The smallest absolute Gasteiger partial charge is 0.217 e. The molecule has 6 nitrogen and oxygen atoms in total. The fraction of sp³-hybridized carbons (Fsp3) is 0.409. The topological polar surface area (TPSA) is 68.0 Å². The summed E-state index contributed by atoms with van der Waals surface area (Å²) in [7, 11) is 1.67. The van der Waals surface area contributed by atoms with Gasteiger partial charge in [-0.1, -0.05) is 24.3 Å². The molecule has 3 rings (SSSR count). The minimum Gasteiger partial charge on any atom is -0.497 e. The normalized spacial score (nSPS) is 14.7. The Balaban J connectivity index is 1.56. The zero-order valence-electron chi connectivity index (χ0n) is 16.5. The summed E-state index contributed by atoms with van der Waals surface area (Å²) in [5.41, 5.74) is 7.43. The molecule has 1 aliphatic rings. The molecule has 150 valence electrons. The third-order valence-electron chi connectivity index (χ3n) is 5.00. The number of piperazine rings is 1. The molecule has 2 N–H and O–H groups in total. The third kappa shape index (κ3) is 5.63. The van der Waals surface area contributed by atoms with Crippen LogP contribution in [-0.2, 0) is 11.4 Å². The Morgan fingerprint density at radius 3 is 2.61 bits per heavy atom. The summed E-state index contributed by atoms with van der Waals surface area (Å²) in [4.78, 5) is 15.6. The van der Waals surface area contributed by atoms with Crippen LogP contribution in [0.1, 0.15) is 18.4 Å². The number of para-hydroxylation sites is 2. The van der Waals surface area contributed by atoms with Crippen LogP contribution in [0.15, 0.2) is 48.5 Å². The fourth-order valence-electron chi connectivity index (χ4n) is 3.45. The van der Waals surface area contributed by atoms with E-state index in [0.717, 1.165) is 61.9 Å². The van der Waals surface area contributed by atoms with Crippen molar-refractivity contribution in [2.24, 2.45) is 5.73 Å². The average Bonchev–Trinajstić information content (AvgIpc) is 2.73. The first-order valence-corrected chi connectivity index (χ1v) is 9.76. The van der Waals surface area contributed by atoms with Gasteiger partial charge in [-0.3, -0.25) is 9.69 Å². The van der Waals surface area contributed by atoms with E-state index >= 15 is 0 Å². The second-order valence-corrected chi connectivity index (χ2v) is 7.01. The van der Waals surface area contributed by atoms with Gasteiger partial charge in [0.25, 0.3) is 0 Å². The van der Waals surface area contributed by atoms with Crippen LogP contribution in [-0.4, -0.2) is 50.6 Å². The monoisotopic (exact) mass is 383 g/mol. The zero-order valence-corrected chi connectivity index (χ0v) is 16.5. The maximum atomic E-state index is 10.9. The molecule has 2 aromatic rings. The van der Waals surface area contributed by atoms with E-state index < -0.39 is 0 Å². The summed E-state index contributed by atoms with van der Waals surface area (Å²) in [6.07, 6.45) is 1.29. The predicted molar refractivity (Wildman–Crippen MR) is 111 cm³/mol. The number of methoxy groups -OCH3 is 1. The van der Waals surface area contributed by atoms with Crippen LogP contribution in [0, 0.1) is 0 Å². The summed E-state index contributed by atoms with van der Waals surface area (Å²) in [6.45, 7) is 5.25. The largest absolute Gasteiger partial charge is 0.497 e. The second kappa shape index (κ2) is 9.99. The van der Waals surface area contributed by atoms with Crippen LogP contribution < -0.4 is 20.1 Å². The van der Waals surface area contributed by atoms with E-state index in [0.29, 0.717) is 13.0 Å². The lowest BCUT2D eigenvalue weighted by Gasteiger charge is -2.36. The number of rotatable bonds is 9. The van der Waals surface area contributed by atoms with Crippen LogP contribution in [0.3, 0.4) is 0 Å². The Morgan fingerprint density at radius 2 is 1.86 bits per heavy atom. The number of carbonyl (C=O) groups is 1. The number of nitrogens with two attached hydrogens (primary N) is 1. The number of hydrogen-bond donors (Lipinski definition) is 1. The molecule has 28 heavy (non-hydrogen) atoms. The number of anilines is 1. The van der Waals surface area contributed by atoms with Crippen molar-refractivity contribution in [3.63, 3.8) is 0 Å². The van der Waals surface area contributed by atoms with Gasteiger partial charge in [-0.2, -0.15) is 0 Å². The van der Waals surface area contributed by atoms with E-state index in [1.807, 2.05) is 42.5 Å². The van der Waals surface area contributed by atoms with Gasteiger partial charge in [-0.15, -0.1) is 0 Å². The summed E-state index contributed by atoms with van der Waals surface area (Å²) >= 11 is 0. The molecule has 0 aliphatic carbocycles. The van der Waals surface area contributed by atoms with Crippen LogP contribution >= 0.6 is 0 Å². The van der Waals surface area contributed by atoms with Crippen LogP contribution in [0.2, 0.25) is 0 Å². The summed E-state index contributed by atoms with van der Waals surface area (Å²) in [6, 6.07) is 16.1. The maximum absolute atomic E-state index is 10.9. The van der Waals surface area contributed by atoms with Gasteiger partial charge < -0.3 is 20.1 Å². The number of carbonyl (C=O) groups excluding carboxylic acids is 1. The Hall–Kier alpha value is -2.73. The SMILES string of the molecule is COc1cccc(COc2ccccc2N2CCN(CCCC(N)=O)CC2)c1. The van der Waals surface area contributed by atoms with Crippen molar-refractivity contribution >= 4 is 11.6 Å². The minimum atomic E-state index is -0.222. The van der Waals surface area contributed by atoms with Gasteiger partial charge >= 0.3 is 0 Å². The number of primary amides is 1. The highest BCUT2D eigenvalue weighted by atomic mass is 16.5. The van der Waals surface area contributed by atoms with Crippen molar-refractivity contribution in [2.45, 2.75) is 19.4 Å². The quantitative estimate of drug-likeness (QED) is 0.721. The van der Waals surface area contributed by atoms with Gasteiger partial charge in [0.15, 0.2) is 0 Å². The third-order valence-corrected chi connectivity index (χ3v) is 5.00. The lowest BCUT2D eigenvalue weighted by atomic mass is 10.2. The Labute approximate surface area is 166 Å². The first-order valence-electron chi connectivity index (χ1n) is 9.76. The van der Waals surface area contributed by atoms with Crippen molar-refractivity contribution in [3.05, 3.63) is 54.1 Å². The molecule has 0 atom stereocenters. The first-order chi connectivity index (χ1) is 13.7. The molecule has 1 fully saturated rings. The van der Waals surface area contributed by atoms with E-state index in [1.54, 1.807) is 7.11 Å². The Morgan fingerprint density at radius 1 is 1.07 bits per heavy atom. The van der Waals surface area contributed by atoms with Crippen LogP contribution in [0.5, 0.6) is 11.5 Å². The van der Waals surface area contributed by atoms with E-state index in [2.05, 4.69) is 15.9 Å². The molecule has 0 bridgehead atoms. The number of ether oxygens (including phenoxy) is 2. The van der Waals surface area contributed by atoms with Crippen LogP contribution in [0.4, 0.5) is 5.69 Å². The fourth-order valence-corrected chi connectivity index (χ4v) is 3.45. The van der Waals surface area contributed by atoms with Gasteiger partial charge in [-0.25, -0.2) is 0 Å². The van der Waals surface area contributed by atoms with Gasteiger partial charge in [0.05, 0.1) is 12.8 Å². The van der Waals surface area contributed by atoms with E-state index in [-0.39, 0.29) is 5.91 Å². The van der Waals surface area contributed by atoms with Crippen molar-refractivity contribution < 1.29 is 14.3 Å². The molecular weight excluding hydrogens is 354 g/mol. The van der Waals surface area contributed by atoms with E-state index in [9.17, 15) is 4.79 Å². The van der Waals surface area contributed by atoms with Crippen molar-refractivity contribution in [1.82, 2.24) is 4.90 Å². The van der Waals surface area contributed by atoms with Gasteiger partial charge in [-0.05, 0) is 42.8 Å². The Kier molecular flexibility index (Phi) is 7.14. The molecule has 0 unspecified atom stereocenters. The lowest BCUT2D eigenvalue weighted by molar-refractivity contribution is -0.118. The number of benzene rings is 2. The summed E-state index contributed by atoms with van der Waals surface area (Å²) in [5, 5.41) is 0. The minimum absolute atomic E-state index is 0.222. The van der Waals surface area contributed by atoms with Crippen molar-refractivity contribution in [1.29, 1.82) is 0 Å². The molecule has 0 radical (unpaired) electrons. The number of nitrogens with zero attached hydrogens (tertiary/aromatic N) is 2. The maximum Gasteiger partial charge on any atom is 0.217 e. The van der Waals surface area contributed by atoms with E-state index in [4.69, 9.17) is 15.2 Å². The van der Waals surface area contributed by atoms with Gasteiger partial charge in [0.2, 0.25) is 5.91 Å². The van der Waals surface area contributed by atoms with Crippen molar-refractivity contribution in [2.75, 3.05) is 44.7 Å². The van der Waals surface area contributed by atoms with Crippen LogP contribution in [0.25, 0.3) is 0 Å². The van der Waals surface area contributed by atoms with E-state index in [1.165, 1.54) is 0 Å².